The van der Waals surface area contributed by atoms with E-state index in [9.17, 15) is 9.90 Å². The Labute approximate surface area is 122 Å². The van der Waals surface area contributed by atoms with Crippen molar-refractivity contribution >= 4 is 5.97 Å². The van der Waals surface area contributed by atoms with Crippen molar-refractivity contribution in [2.24, 2.45) is 0 Å². The molecule has 16 heavy (non-hydrogen) atoms. The fourth-order valence-electron chi connectivity index (χ4n) is 1.57. The van der Waals surface area contributed by atoms with Crippen LogP contribution in [-0.2, 0) is 4.79 Å². The van der Waals surface area contributed by atoms with Gasteiger partial charge in [0.2, 0.25) is 0 Å². The third-order valence-electron chi connectivity index (χ3n) is 2.48. The molecule has 0 rings (SSSR count). The van der Waals surface area contributed by atoms with E-state index in [0.717, 1.165) is 13.0 Å². The second-order valence-electron chi connectivity index (χ2n) is 4.02. The monoisotopic (exact) mass is 237 g/mol. The molecule has 3 nitrogen and oxygen atoms in total. The predicted octanol–water partition coefficient (Wildman–Crippen LogP) is -1.53. The largest absolute Gasteiger partial charge is 1.00 e. The van der Waals surface area contributed by atoms with Crippen LogP contribution in [0.5, 0.6) is 0 Å². The summed E-state index contributed by atoms with van der Waals surface area (Å²) in [5.74, 6) is -1.02. The number of rotatable bonds is 11. The van der Waals surface area contributed by atoms with Crippen LogP contribution in [0.15, 0.2) is 0 Å². The molecule has 0 saturated heterocycles. The molecular weight excluding hydrogens is 213 g/mol. The minimum absolute atomic E-state index is 0. The first-order chi connectivity index (χ1) is 7.27. The van der Waals surface area contributed by atoms with E-state index in [1.165, 1.54) is 44.9 Å². The molecule has 0 aromatic carbocycles. The summed E-state index contributed by atoms with van der Waals surface area (Å²) in [4.78, 5) is 10.1. The van der Waals surface area contributed by atoms with E-state index >= 15 is 0 Å². The van der Waals surface area contributed by atoms with Crippen LogP contribution in [0.1, 0.15) is 58.3 Å². The summed E-state index contributed by atoms with van der Waals surface area (Å²) in [6.07, 6.45) is 10.2. The molecule has 1 N–H and O–H groups in total. The Morgan fingerprint density at radius 3 is 2.00 bits per heavy atom. The van der Waals surface area contributed by atoms with E-state index in [2.05, 4.69) is 12.2 Å². The normalized spacial score (nSPS) is 9.81. The summed E-state index contributed by atoms with van der Waals surface area (Å²) in [5, 5.41) is 12.9. The van der Waals surface area contributed by atoms with Gasteiger partial charge in [-0.15, -0.1) is 0 Å². The molecule has 0 saturated carbocycles. The zero-order valence-corrected chi connectivity index (χ0v) is 12.9. The molecular formula is C12H24NNaO2. The van der Waals surface area contributed by atoms with Crippen molar-refractivity contribution in [3.63, 3.8) is 0 Å². The molecule has 0 spiro atoms. The van der Waals surface area contributed by atoms with Gasteiger partial charge in [-0.3, -0.25) is 0 Å². The molecule has 0 bridgehead atoms. The maximum Gasteiger partial charge on any atom is 1.00 e. The fraction of sp³-hybridized carbons (Fsp3) is 0.917. The van der Waals surface area contributed by atoms with Crippen LogP contribution in [0.25, 0.3) is 0 Å². The van der Waals surface area contributed by atoms with Crippen molar-refractivity contribution in [3.05, 3.63) is 0 Å². The SMILES string of the molecule is CCCCCCCCCCNCC(=O)[O-].[Na+]. The number of hydrogen-bond donors (Lipinski definition) is 1. The molecule has 0 unspecified atom stereocenters. The molecule has 0 aromatic rings. The quantitative estimate of drug-likeness (QED) is 0.350. The van der Waals surface area contributed by atoms with Crippen LogP contribution in [0, 0.1) is 0 Å². The molecule has 0 amide bonds. The third-order valence-corrected chi connectivity index (χ3v) is 2.48. The van der Waals surface area contributed by atoms with Crippen molar-refractivity contribution in [1.82, 2.24) is 5.32 Å². The predicted molar refractivity (Wildman–Crippen MR) is 60.5 cm³/mol. The van der Waals surface area contributed by atoms with E-state index in [-0.39, 0.29) is 36.1 Å². The van der Waals surface area contributed by atoms with Crippen LogP contribution < -0.4 is 40.0 Å². The van der Waals surface area contributed by atoms with Crippen LogP contribution in [-0.4, -0.2) is 19.1 Å². The van der Waals surface area contributed by atoms with Crippen molar-refractivity contribution in [2.45, 2.75) is 58.3 Å². The summed E-state index contributed by atoms with van der Waals surface area (Å²) in [6, 6.07) is 0. The number of unbranched alkanes of at least 4 members (excludes halogenated alkanes) is 7. The van der Waals surface area contributed by atoms with Gasteiger partial charge in [-0.2, -0.15) is 0 Å². The van der Waals surface area contributed by atoms with E-state index in [1.807, 2.05) is 0 Å². The van der Waals surface area contributed by atoms with Gasteiger partial charge >= 0.3 is 29.6 Å². The Bertz CT molecular complexity index is 154. The number of carbonyl (C=O) groups is 1. The molecule has 0 aliphatic rings. The van der Waals surface area contributed by atoms with Crippen LogP contribution >= 0.6 is 0 Å². The van der Waals surface area contributed by atoms with Gasteiger partial charge in [-0.1, -0.05) is 51.9 Å². The molecule has 0 fully saturated rings. The third kappa shape index (κ3) is 16.8. The number of hydrogen-bond acceptors (Lipinski definition) is 3. The van der Waals surface area contributed by atoms with E-state index < -0.39 is 5.97 Å². The van der Waals surface area contributed by atoms with Gasteiger partial charge in [0, 0.05) is 6.54 Å². The summed E-state index contributed by atoms with van der Waals surface area (Å²) < 4.78 is 0. The van der Waals surface area contributed by atoms with Gasteiger partial charge in [-0.05, 0) is 13.0 Å². The van der Waals surface area contributed by atoms with Gasteiger partial charge in [-0.25, -0.2) is 0 Å². The van der Waals surface area contributed by atoms with Gasteiger partial charge in [0.15, 0.2) is 0 Å². The van der Waals surface area contributed by atoms with Crippen LogP contribution in [0.4, 0.5) is 0 Å². The van der Waals surface area contributed by atoms with Gasteiger partial charge in [0.1, 0.15) is 0 Å². The van der Waals surface area contributed by atoms with E-state index in [1.54, 1.807) is 0 Å². The minimum atomic E-state index is -1.02. The molecule has 0 heterocycles. The maximum absolute atomic E-state index is 10.1. The summed E-state index contributed by atoms with van der Waals surface area (Å²) in [7, 11) is 0. The number of aliphatic carboxylic acids is 1. The van der Waals surface area contributed by atoms with Gasteiger partial charge < -0.3 is 15.2 Å². The topological polar surface area (TPSA) is 52.2 Å². The maximum atomic E-state index is 10.1. The summed E-state index contributed by atoms with van der Waals surface area (Å²) in [6.45, 7) is 3.00. The first-order valence-electron chi connectivity index (χ1n) is 6.18. The van der Waals surface area contributed by atoms with Crippen LogP contribution in [0.2, 0.25) is 0 Å². The number of carboxylic acid groups (broad SMARTS) is 1. The second-order valence-corrected chi connectivity index (χ2v) is 4.02. The molecule has 4 heteroatoms. The smallest absolute Gasteiger partial charge is 0.549 e. The number of carboxylic acids is 1. The van der Waals surface area contributed by atoms with Gasteiger partial charge in [0.25, 0.3) is 0 Å². The molecule has 90 valence electrons. The first-order valence-corrected chi connectivity index (χ1v) is 6.18. The number of nitrogens with one attached hydrogen (secondary N) is 1. The first kappa shape index (κ1) is 18.8. The van der Waals surface area contributed by atoms with E-state index in [4.69, 9.17) is 0 Å². The molecule has 0 radical (unpaired) electrons. The second kappa shape index (κ2) is 15.4. The van der Waals surface area contributed by atoms with E-state index in [0.29, 0.717) is 0 Å². The Morgan fingerprint density at radius 2 is 1.50 bits per heavy atom. The Kier molecular flexibility index (Phi) is 18.1. The molecule has 0 aliphatic carbocycles. The summed E-state index contributed by atoms with van der Waals surface area (Å²) >= 11 is 0. The van der Waals surface area contributed by atoms with Crippen molar-refractivity contribution in [3.8, 4) is 0 Å². The zero-order valence-electron chi connectivity index (χ0n) is 10.9. The minimum Gasteiger partial charge on any atom is -0.549 e. The van der Waals surface area contributed by atoms with Gasteiger partial charge in [0.05, 0.1) is 5.97 Å². The average Bonchev–Trinajstić information content (AvgIpc) is 2.20. The molecule has 0 aromatic heterocycles. The summed E-state index contributed by atoms with van der Waals surface area (Å²) in [5.41, 5.74) is 0. The van der Waals surface area contributed by atoms with Crippen LogP contribution in [0.3, 0.4) is 0 Å². The average molecular weight is 237 g/mol. The standard InChI is InChI=1S/C12H25NO2.Na/c1-2-3-4-5-6-7-8-9-10-13-11-12(14)15;/h13H,2-11H2,1H3,(H,14,15);/q;+1/p-1. The Morgan fingerprint density at radius 1 is 1.00 bits per heavy atom. The Hall–Kier alpha value is 0.430. The van der Waals surface area contributed by atoms with Crippen molar-refractivity contribution in [1.29, 1.82) is 0 Å². The zero-order chi connectivity index (χ0) is 11.4. The molecule has 0 aliphatic heterocycles. The molecule has 0 atom stereocenters. The van der Waals surface area contributed by atoms with Crippen molar-refractivity contribution in [2.75, 3.05) is 13.1 Å². The Balaban J connectivity index is 0. The van der Waals surface area contributed by atoms with Crippen molar-refractivity contribution < 1.29 is 39.5 Å². The number of carbonyl (C=O) groups excluding carboxylic acids is 1. The fourth-order valence-corrected chi connectivity index (χ4v) is 1.57.